The third kappa shape index (κ3) is 1.47. The van der Waals surface area contributed by atoms with E-state index in [1.807, 2.05) is 6.92 Å². The lowest BCUT2D eigenvalue weighted by Crippen LogP contribution is -2.05. The van der Waals surface area contributed by atoms with E-state index in [1.165, 1.54) is 16.5 Å². The molecule has 0 spiro atoms. The summed E-state index contributed by atoms with van der Waals surface area (Å²) >= 11 is 0. The lowest BCUT2D eigenvalue weighted by molar-refractivity contribution is 0.254. The number of pyridine rings is 1. The predicted octanol–water partition coefficient (Wildman–Crippen LogP) is 3.18. The third-order valence-corrected chi connectivity index (χ3v) is 3.75. The van der Waals surface area contributed by atoms with Gasteiger partial charge in [0.2, 0.25) is 5.88 Å². The van der Waals surface area contributed by atoms with Gasteiger partial charge in [0, 0.05) is 22.9 Å². The van der Waals surface area contributed by atoms with E-state index in [0.717, 1.165) is 23.3 Å². The minimum atomic E-state index is 0.236. The van der Waals surface area contributed by atoms with E-state index in [9.17, 15) is 0 Å². The van der Waals surface area contributed by atoms with Gasteiger partial charge in [0.25, 0.3) is 0 Å². The highest BCUT2D eigenvalue weighted by Gasteiger charge is 2.23. The summed E-state index contributed by atoms with van der Waals surface area (Å²) < 4.78 is 11.1. The van der Waals surface area contributed by atoms with Gasteiger partial charge in [-0.25, -0.2) is 4.98 Å². The van der Waals surface area contributed by atoms with Crippen LogP contribution in [0.1, 0.15) is 23.6 Å². The van der Waals surface area contributed by atoms with Crippen LogP contribution in [-0.2, 0) is 6.42 Å². The number of rotatable bonds is 1. The number of methoxy groups -OCH3 is 1. The predicted molar refractivity (Wildman–Crippen MR) is 71.6 cm³/mol. The summed E-state index contributed by atoms with van der Waals surface area (Å²) in [5, 5.41) is 1.20. The van der Waals surface area contributed by atoms with Gasteiger partial charge in [0.05, 0.1) is 12.6 Å². The Balaban J connectivity index is 2.36. The Morgan fingerprint density at radius 3 is 2.78 bits per heavy atom. The summed E-state index contributed by atoms with van der Waals surface area (Å²) in [7, 11) is 1.67. The summed E-state index contributed by atoms with van der Waals surface area (Å²) in [5.41, 5.74) is 4.58. The molecule has 3 heteroatoms. The van der Waals surface area contributed by atoms with Crippen molar-refractivity contribution in [3.63, 3.8) is 0 Å². The maximum absolute atomic E-state index is 5.78. The third-order valence-electron chi connectivity index (χ3n) is 3.75. The molecule has 0 N–H and O–H groups in total. The van der Waals surface area contributed by atoms with Gasteiger partial charge in [0.15, 0.2) is 0 Å². The fraction of sp³-hybridized carbons (Fsp3) is 0.400. The molecular formula is C15H17NO2. The van der Waals surface area contributed by atoms with Crippen molar-refractivity contribution in [2.45, 2.75) is 33.3 Å². The molecule has 1 aliphatic rings. The molecule has 2 heterocycles. The van der Waals surface area contributed by atoms with Crippen LogP contribution in [0, 0.1) is 13.8 Å². The molecule has 0 saturated heterocycles. The van der Waals surface area contributed by atoms with Gasteiger partial charge in [-0.05, 0) is 38.5 Å². The van der Waals surface area contributed by atoms with E-state index in [2.05, 4.69) is 31.0 Å². The SMILES string of the molecule is COc1nc2c3c(ccc2c(C)c1C)OC(C)C3. The summed E-state index contributed by atoms with van der Waals surface area (Å²) in [4.78, 5) is 4.66. The van der Waals surface area contributed by atoms with Gasteiger partial charge >= 0.3 is 0 Å². The quantitative estimate of drug-likeness (QED) is 0.770. The van der Waals surface area contributed by atoms with E-state index in [0.29, 0.717) is 5.88 Å². The number of hydrogen-bond donors (Lipinski definition) is 0. The van der Waals surface area contributed by atoms with Crippen molar-refractivity contribution in [3.8, 4) is 11.6 Å². The van der Waals surface area contributed by atoms with Gasteiger partial charge in [-0.1, -0.05) is 0 Å². The maximum atomic E-state index is 5.78. The molecule has 3 rings (SSSR count). The first-order chi connectivity index (χ1) is 8.61. The van der Waals surface area contributed by atoms with E-state index in [1.54, 1.807) is 7.11 Å². The van der Waals surface area contributed by atoms with Gasteiger partial charge < -0.3 is 9.47 Å². The Hall–Kier alpha value is -1.77. The molecule has 1 aromatic carbocycles. The second-order valence-electron chi connectivity index (χ2n) is 4.94. The fourth-order valence-electron chi connectivity index (χ4n) is 2.65. The van der Waals surface area contributed by atoms with Crippen LogP contribution in [-0.4, -0.2) is 18.2 Å². The first kappa shape index (κ1) is 11.3. The molecule has 0 bridgehead atoms. The van der Waals surface area contributed by atoms with E-state index in [-0.39, 0.29) is 6.10 Å². The standard InChI is InChI=1S/C15H17NO2/c1-8-7-12-13(18-8)6-5-11-9(2)10(3)15(17-4)16-14(11)12/h5-6,8H,7H2,1-4H3. The number of nitrogens with zero attached hydrogens (tertiary/aromatic N) is 1. The average molecular weight is 243 g/mol. The van der Waals surface area contributed by atoms with Crippen molar-refractivity contribution in [3.05, 3.63) is 28.8 Å². The number of hydrogen-bond acceptors (Lipinski definition) is 3. The minimum Gasteiger partial charge on any atom is -0.490 e. The normalized spacial score (nSPS) is 17.7. The van der Waals surface area contributed by atoms with Crippen LogP contribution in [0.4, 0.5) is 0 Å². The van der Waals surface area contributed by atoms with Crippen molar-refractivity contribution in [2.75, 3.05) is 7.11 Å². The molecule has 0 amide bonds. The van der Waals surface area contributed by atoms with Gasteiger partial charge in [-0.3, -0.25) is 0 Å². The van der Waals surface area contributed by atoms with Gasteiger partial charge in [-0.15, -0.1) is 0 Å². The summed E-state index contributed by atoms with van der Waals surface area (Å²) in [6, 6.07) is 4.16. The number of ether oxygens (including phenoxy) is 2. The first-order valence-corrected chi connectivity index (χ1v) is 6.25. The molecule has 1 aliphatic heterocycles. The monoisotopic (exact) mass is 243 g/mol. The second-order valence-corrected chi connectivity index (χ2v) is 4.94. The smallest absolute Gasteiger partial charge is 0.216 e. The summed E-state index contributed by atoms with van der Waals surface area (Å²) in [6.07, 6.45) is 1.16. The largest absolute Gasteiger partial charge is 0.490 e. The highest BCUT2D eigenvalue weighted by atomic mass is 16.5. The van der Waals surface area contributed by atoms with Crippen LogP contribution in [0.15, 0.2) is 12.1 Å². The van der Waals surface area contributed by atoms with Crippen LogP contribution in [0.2, 0.25) is 0 Å². The summed E-state index contributed by atoms with van der Waals surface area (Å²) in [6.45, 7) is 6.25. The van der Waals surface area contributed by atoms with Crippen molar-refractivity contribution < 1.29 is 9.47 Å². The Morgan fingerprint density at radius 2 is 2.06 bits per heavy atom. The first-order valence-electron chi connectivity index (χ1n) is 6.25. The second kappa shape index (κ2) is 3.87. The van der Waals surface area contributed by atoms with E-state index in [4.69, 9.17) is 9.47 Å². The van der Waals surface area contributed by atoms with Crippen molar-refractivity contribution >= 4 is 10.9 Å². The number of fused-ring (bicyclic) bond motifs is 3. The number of aromatic nitrogens is 1. The molecule has 94 valence electrons. The van der Waals surface area contributed by atoms with Crippen LogP contribution in [0.3, 0.4) is 0 Å². The highest BCUT2D eigenvalue weighted by molar-refractivity contribution is 5.89. The van der Waals surface area contributed by atoms with E-state index >= 15 is 0 Å². The molecular weight excluding hydrogens is 226 g/mol. The molecule has 2 aromatic rings. The van der Waals surface area contributed by atoms with Gasteiger partial charge in [-0.2, -0.15) is 0 Å². The zero-order valence-electron chi connectivity index (χ0n) is 11.2. The lowest BCUT2D eigenvalue weighted by atomic mass is 10.0. The zero-order valence-corrected chi connectivity index (χ0v) is 11.2. The van der Waals surface area contributed by atoms with Crippen molar-refractivity contribution in [2.24, 2.45) is 0 Å². The number of benzene rings is 1. The topological polar surface area (TPSA) is 31.4 Å². The van der Waals surface area contributed by atoms with Crippen LogP contribution < -0.4 is 9.47 Å². The summed E-state index contributed by atoms with van der Waals surface area (Å²) in [5.74, 6) is 1.68. The Labute approximate surface area is 107 Å². The molecule has 1 unspecified atom stereocenters. The minimum absolute atomic E-state index is 0.236. The molecule has 1 aromatic heterocycles. The lowest BCUT2D eigenvalue weighted by Gasteiger charge is -2.12. The van der Waals surface area contributed by atoms with Crippen molar-refractivity contribution in [1.82, 2.24) is 4.98 Å². The maximum Gasteiger partial charge on any atom is 0.216 e. The van der Waals surface area contributed by atoms with Crippen LogP contribution >= 0.6 is 0 Å². The Bertz CT molecular complexity index is 634. The van der Waals surface area contributed by atoms with Crippen molar-refractivity contribution in [1.29, 1.82) is 0 Å². The molecule has 0 radical (unpaired) electrons. The molecule has 3 nitrogen and oxygen atoms in total. The fourth-order valence-corrected chi connectivity index (χ4v) is 2.65. The molecule has 18 heavy (non-hydrogen) atoms. The zero-order chi connectivity index (χ0) is 12.9. The van der Waals surface area contributed by atoms with Crippen LogP contribution in [0.25, 0.3) is 10.9 Å². The number of aryl methyl sites for hydroxylation is 1. The Morgan fingerprint density at radius 1 is 1.28 bits per heavy atom. The molecule has 0 fully saturated rings. The van der Waals surface area contributed by atoms with E-state index < -0.39 is 0 Å². The van der Waals surface area contributed by atoms with Crippen LogP contribution in [0.5, 0.6) is 11.6 Å². The molecule has 1 atom stereocenters. The average Bonchev–Trinajstić information content (AvgIpc) is 2.74. The molecule has 0 aliphatic carbocycles. The molecule has 0 saturated carbocycles. The van der Waals surface area contributed by atoms with Gasteiger partial charge in [0.1, 0.15) is 11.9 Å². The highest BCUT2D eigenvalue weighted by Crippen LogP contribution is 2.37. The Kier molecular flexibility index (Phi) is 2.44.